The Morgan fingerprint density at radius 1 is 0.286 bits per heavy atom. The predicted molar refractivity (Wildman–Crippen MR) is 382 cm³/mol. The van der Waals surface area contributed by atoms with Crippen LogP contribution in [0, 0.1) is 78.2 Å². The zero-order chi connectivity index (χ0) is 67.1. The van der Waals surface area contributed by atoms with Crippen molar-refractivity contribution in [3.8, 4) is 125 Å². The third-order valence-electron chi connectivity index (χ3n) is 17.6. The van der Waals surface area contributed by atoms with Gasteiger partial charge in [-0.25, -0.2) is 39.2 Å². The maximum atomic E-state index is 10.5. The van der Waals surface area contributed by atoms with Gasteiger partial charge in [-0.3, -0.25) is 0 Å². The van der Waals surface area contributed by atoms with Crippen LogP contribution in [-0.2, 0) is 0 Å². The SMILES string of the molecule is [C-]#[N+]c1ccc(-c2ccc3c(c2)c2cc(-c4ccc(C#N)cc4[N+]#[C-])ccc2n3-c2ccc(-c3nc(-c4ccccc4)nc(-c4ccccc4)n3)cc2-c2c([N+]#[C-])cccc2-n2c3ccc(-c4ccc([N+]#[C-])cc4C#N)cc3c3cc(-c4ccc(C#N)cc4[N+]#[C-])ccc32)c(C#N)c1. The van der Waals surface area contributed by atoms with Crippen LogP contribution in [0.2, 0.25) is 0 Å². The minimum atomic E-state index is 0.303. The fourth-order valence-corrected chi connectivity index (χ4v) is 13.1. The lowest BCUT2D eigenvalue weighted by molar-refractivity contribution is 1.07. The monoisotopic (exact) mass is 1240 g/mol. The number of nitrogens with zero attached hydrogens (tertiary/aromatic N) is 14. The molecule has 0 aliphatic carbocycles. The van der Waals surface area contributed by atoms with Crippen molar-refractivity contribution >= 4 is 72.0 Å². The van der Waals surface area contributed by atoms with Gasteiger partial charge in [0.25, 0.3) is 0 Å². The maximum absolute atomic E-state index is 10.5. The van der Waals surface area contributed by atoms with Crippen molar-refractivity contribution in [1.29, 1.82) is 21.0 Å². The molecule has 0 atom stereocenters. The molecule has 0 saturated heterocycles. The molecule has 14 nitrogen and oxygen atoms in total. The van der Waals surface area contributed by atoms with Gasteiger partial charge in [0.05, 0.1) is 84.9 Å². The molecule has 446 valence electrons. The summed E-state index contributed by atoms with van der Waals surface area (Å²) in [6.07, 6.45) is 0. The molecule has 0 aliphatic heterocycles. The second kappa shape index (κ2) is 24.4. The number of nitriles is 4. The molecular formula is C84H40N14. The smallest absolute Gasteiger partial charge is 0.197 e. The van der Waals surface area contributed by atoms with E-state index in [0.29, 0.717) is 124 Å². The molecule has 0 radical (unpaired) electrons. The van der Waals surface area contributed by atoms with Crippen LogP contribution >= 0.6 is 0 Å². The van der Waals surface area contributed by atoms with Crippen molar-refractivity contribution in [3.05, 3.63) is 322 Å². The Hall–Kier alpha value is -15.3. The lowest BCUT2D eigenvalue weighted by atomic mass is 9.96. The van der Waals surface area contributed by atoms with Gasteiger partial charge in [0.2, 0.25) is 0 Å². The van der Waals surface area contributed by atoms with E-state index >= 15 is 0 Å². The molecule has 0 spiro atoms. The molecule has 0 N–H and O–H groups in total. The van der Waals surface area contributed by atoms with Crippen LogP contribution in [0.4, 0.5) is 28.4 Å². The van der Waals surface area contributed by atoms with E-state index in [1.807, 2.05) is 164 Å². The summed E-state index contributed by atoms with van der Waals surface area (Å²) < 4.78 is 4.29. The Morgan fingerprint density at radius 2 is 0.684 bits per heavy atom. The second-order valence-electron chi connectivity index (χ2n) is 23.0. The molecule has 0 bridgehead atoms. The molecule has 98 heavy (non-hydrogen) atoms. The van der Waals surface area contributed by atoms with Gasteiger partial charge >= 0.3 is 0 Å². The summed E-state index contributed by atoms with van der Waals surface area (Å²) in [5.74, 6) is 1.25. The van der Waals surface area contributed by atoms with Crippen LogP contribution < -0.4 is 0 Å². The lowest BCUT2D eigenvalue weighted by Gasteiger charge is -2.21. The molecule has 15 aromatic rings. The van der Waals surface area contributed by atoms with Crippen molar-refractivity contribution in [2.75, 3.05) is 0 Å². The Kier molecular flexibility index (Phi) is 14.7. The number of rotatable bonds is 10. The summed E-state index contributed by atoms with van der Waals surface area (Å²) in [6.45, 7) is 41.1. The summed E-state index contributed by atoms with van der Waals surface area (Å²) >= 11 is 0. The van der Waals surface area contributed by atoms with E-state index in [9.17, 15) is 27.6 Å². The molecular weight excluding hydrogens is 1210 g/mol. The van der Waals surface area contributed by atoms with Crippen molar-refractivity contribution in [3.63, 3.8) is 0 Å². The van der Waals surface area contributed by atoms with E-state index in [2.05, 4.69) is 57.6 Å². The van der Waals surface area contributed by atoms with Crippen LogP contribution in [0.5, 0.6) is 0 Å². The van der Waals surface area contributed by atoms with E-state index in [4.69, 9.17) is 41.2 Å². The van der Waals surface area contributed by atoms with Crippen LogP contribution in [-0.4, -0.2) is 24.1 Å². The number of benzene rings is 12. The molecule has 3 aromatic heterocycles. The van der Waals surface area contributed by atoms with E-state index in [1.54, 1.807) is 78.9 Å². The highest BCUT2D eigenvalue weighted by Crippen LogP contribution is 2.49. The quantitative estimate of drug-likeness (QED) is 0.123. The number of hydrogen-bond donors (Lipinski definition) is 0. The van der Waals surface area contributed by atoms with Gasteiger partial charge in [-0.05, 0) is 159 Å². The number of aromatic nitrogens is 5. The first-order valence-corrected chi connectivity index (χ1v) is 30.5. The van der Waals surface area contributed by atoms with Crippen molar-refractivity contribution in [2.45, 2.75) is 0 Å². The highest BCUT2D eigenvalue weighted by molar-refractivity contribution is 6.15. The van der Waals surface area contributed by atoms with Crippen LogP contribution in [0.1, 0.15) is 22.3 Å². The number of hydrogen-bond acceptors (Lipinski definition) is 7. The molecule has 0 fully saturated rings. The van der Waals surface area contributed by atoms with Gasteiger partial charge < -0.3 is 9.13 Å². The van der Waals surface area contributed by atoms with Gasteiger partial charge in [0.1, 0.15) is 0 Å². The first-order chi connectivity index (χ1) is 48.1. The topological polar surface area (TPSA) is 165 Å². The fourth-order valence-electron chi connectivity index (χ4n) is 13.1. The predicted octanol–water partition coefficient (Wildman–Crippen LogP) is 21.6. The van der Waals surface area contributed by atoms with E-state index in [1.165, 1.54) is 0 Å². The molecule has 0 unspecified atom stereocenters. The third kappa shape index (κ3) is 10.1. The van der Waals surface area contributed by atoms with Gasteiger partial charge in [-0.2, -0.15) is 21.0 Å². The Morgan fingerprint density at radius 3 is 1.09 bits per heavy atom. The van der Waals surface area contributed by atoms with E-state index in [0.717, 1.165) is 71.4 Å². The average molecular weight is 1250 g/mol. The van der Waals surface area contributed by atoms with Gasteiger partial charge in [0.15, 0.2) is 45.9 Å². The van der Waals surface area contributed by atoms with Crippen LogP contribution in [0.3, 0.4) is 0 Å². The van der Waals surface area contributed by atoms with Crippen LogP contribution in [0.25, 0.3) is 169 Å². The Labute approximate surface area is 561 Å². The zero-order valence-corrected chi connectivity index (χ0v) is 51.4. The van der Waals surface area contributed by atoms with E-state index in [-0.39, 0.29) is 0 Å². The average Bonchev–Trinajstić information content (AvgIpc) is 1.65. The highest BCUT2D eigenvalue weighted by Gasteiger charge is 2.27. The first kappa shape index (κ1) is 59.0. The molecule has 14 heteroatoms. The Balaban J connectivity index is 1.05. The van der Waals surface area contributed by atoms with Gasteiger partial charge in [0, 0.05) is 71.7 Å². The first-order valence-electron chi connectivity index (χ1n) is 30.5. The summed E-state index contributed by atoms with van der Waals surface area (Å²) in [5.41, 5.74) is 15.8. The minimum absolute atomic E-state index is 0.303. The summed E-state index contributed by atoms with van der Waals surface area (Å²) in [4.78, 5) is 34.8. The molecule has 12 aromatic carbocycles. The fraction of sp³-hybridized carbons (Fsp3) is 0. The molecule has 0 aliphatic rings. The maximum Gasteiger partial charge on any atom is 0.197 e. The molecule has 0 amide bonds. The zero-order valence-electron chi connectivity index (χ0n) is 51.4. The highest BCUT2D eigenvalue weighted by atomic mass is 15.0. The normalized spacial score (nSPS) is 10.8. The van der Waals surface area contributed by atoms with E-state index < -0.39 is 0 Å². The van der Waals surface area contributed by atoms with Crippen molar-refractivity contribution in [1.82, 2.24) is 24.1 Å². The van der Waals surface area contributed by atoms with Gasteiger partial charge in [-0.15, -0.1) is 0 Å². The third-order valence-corrected chi connectivity index (χ3v) is 17.6. The molecule has 3 heterocycles. The summed E-state index contributed by atoms with van der Waals surface area (Å²) in [6, 6.07) is 84.2. The lowest BCUT2D eigenvalue weighted by Crippen LogP contribution is -2.04. The van der Waals surface area contributed by atoms with Gasteiger partial charge in [-0.1, -0.05) is 133 Å². The van der Waals surface area contributed by atoms with Crippen molar-refractivity contribution in [2.24, 2.45) is 0 Å². The molecule has 0 saturated carbocycles. The van der Waals surface area contributed by atoms with Crippen LogP contribution in [0.15, 0.2) is 243 Å². The summed E-state index contributed by atoms with van der Waals surface area (Å²) in [7, 11) is 0. The standard InChI is InChI=1S/C84H40N14/c1-89-61-26-30-63(59(39-61)48-87)54-21-32-75-67(41-54)69-43-56(65-28-19-50(46-85)37-73(65)92-4)23-34-76(69)97(75)79-36-25-58(84-95-82(52-13-8-6-9-14-52)94-83(96-84)53-15-10-7-11-16-53)45-71(79)81-72(91-3)17-12-18-80(81)98-77-33-22-55(64-31-27-62(90-2)40-60(64)49-88)42-68(77)70-44-57(24-35-78(70)98)66-29-20-51(47-86)38-74(66)93-5/h6-45H. The summed E-state index contributed by atoms with van der Waals surface area (Å²) in [5, 5.41) is 43.9. The molecule has 15 rings (SSSR count). The van der Waals surface area contributed by atoms with Crippen molar-refractivity contribution < 1.29 is 0 Å². The largest absolute Gasteiger partial charge is 0.310 e. The number of fused-ring (bicyclic) bond motifs is 6. The Bertz CT molecular complexity index is 6050. The minimum Gasteiger partial charge on any atom is -0.310 e. The second-order valence-corrected chi connectivity index (χ2v) is 23.0.